The van der Waals surface area contributed by atoms with Crippen molar-refractivity contribution in [2.75, 3.05) is 21.8 Å². The minimum absolute atomic E-state index is 0.0500. The second-order valence-electron chi connectivity index (χ2n) is 8.33. The Kier molecular flexibility index (Phi) is 5.63. The van der Waals surface area contributed by atoms with E-state index in [0.29, 0.717) is 5.75 Å². The molecule has 1 unspecified atom stereocenters. The monoisotopic (exact) mass is 428 g/mol. The number of carbonyl (C=O) groups excluding carboxylic acids is 2. The van der Waals surface area contributed by atoms with E-state index in [1.54, 1.807) is 11.8 Å². The lowest BCUT2D eigenvalue weighted by atomic mass is 9.95. The number of hydrogen-bond donors (Lipinski definition) is 1. The van der Waals surface area contributed by atoms with Gasteiger partial charge < -0.3 is 5.32 Å². The highest BCUT2D eigenvalue weighted by atomic mass is 35.5. The molecule has 2 aliphatic rings. The van der Waals surface area contributed by atoms with Crippen LogP contribution in [-0.4, -0.2) is 23.4 Å². The number of anilines is 2. The van der Waals surface area contributed by atoms with Gasteiger partial charge in [0, 0.05) is 17.3 Å². The maximum atomic E-state index is 12.7. The minimum atomic E-state index is -0.627. The van der Waals surface area contributed by atoms with Gasteiger partial charge in [-0.3, -0.25) is 14.5 Å². The molecule has 0 saturated carbocycles. The minimum Gasteiger partial charge on any atom is -0.326 e. The molecule has 0 spiro atoms. The van der Waals surface area contributed by atoms with Crippen LogP contribution in [0.3, 0.4) is 0 Å². The molecule has 4 rings (SSSR count). The largest absolute Gasteiger partial charge is 0.326 e. The number of carbonyl (C=O) groups is 2. The van der Waals surface area contributed by atoms with Crippen LogP contribution >= 0.6 is 23.4 Å². The highest BCUT2D eigenvalue weighted by molar-refractivity contribution is 8.00. The van der Waals surface area contributed by atoms with E-state index < -0.39 is 5.41 Å². The Morgan fingerprint density at radius 3 is 2.62 bits per heavy atom. The van der Waals surface area contributed by atoms with E-state index in [-0.39, 0.29) is 23.1 Å². The van der Waals surface area contributed by atoms with E-state index in [0.717, 1.165) is 29.8 Å². The molecule has 1 heterocycles. The SMILES string of the molecule is CC(C)(CCl)C(=O)Nc1ccc(C2SCC(=O)N2c2ccc3c(c2)CCC3)cc1. The number of fused-ring (bicyclic) bond motifs is 1. The van der Waals surface area contributed by atoms with Crippen molar-refractivity contribution in [3.8, 4) is 0 Å². The molecule has 1 saturated heterocycles. The summed E-state index contributed by atoms with van der Waals surface area (Å²) in [6, 6.07) is 14.2. The van der Waals surface area contributed by atoms with E-state index in [2.05, 4.69) is 23.5 Å². The van der Waals surface area contributed by atoms with Crippen molar-refractivity contribution in [1.29, 1.82) is 0 Å². The smallest absolute Gasteiger partial charge is 0.238 e. The van der Waals surface area contributed by atoms with Gasteiger partial charge in [0.1, 0.15) is 5.37 Å². The van der Waals surface area contributed by atoms with E-state index >= 15 is 0 Å². The summed E-state index contributed by atoms with van der Waals surface area (Å²) in [5, 5.41) is 2.87. The molecule has 29 heavy (non-hydrogen) atoms. The number of thioether (sulfide) groups is 1. The third-order valence-corrected chi connectivity index (χ3v) is 7.51. The molecule has 2 aromatic rings. The number of alkyl halides is 1. The van der Waals surface area contributed by atoms with E-state index in [9.17, 15) is 9.59 Å². The Morgan fingerprint density at radius 2 is 1.90 bits per heavy atom. The summed E-state index contributed by atoms with van der Waals surface area (Å²) in [6.45, 7) is 3.64. The fourth-order valence-corrected chi connectivity index (χ4v) is 5.05. The molecule has 0 radical (unpaired) electrons. The Labute approximate surface area is 181 Å². The highest BCUT2D eigenvalue weighted by Crippen LogP contribution is 2.43. The maximum absolute atomic E-state index is 12.7. The molecular formula is C23H25ClN2O2S. The van der Waals surface area contributed by atoms with Crippen LogP contribution in [-0.2, 0) is 22.4 Å². The number of rotatable bonds is 5. The molecule has 4 nitrogen and oxygen atoms in total. The summed E-state index contributed by atoms with van der Waals surface area (Å²) >= 11 is 7.53. The van der Waals surface area contributed by atoms with E-state index in [1.165, 1.54) is 17.5 Å². The lowest BCUT2D eigenvalue weighted by Gasteiger charge is -2.25. The molecule has 1 aliphatic carbocycles. The van der Waals surface area contributed by atoms with Crippen LogP contribution in [0, 0.1) is 5.41 Å². The van der Waals surface area contributed by atoms with Crippen LogP contribution in [0.15, 0.2) is 42.5 Å². The van der Waals surface area contributed by atoms with Gasteiger partial charge in [-0.25, -0.2) is 0 Å². The zero-order valence-electron chi connectivity index (χ0n) is 16.7. The summed E-state index contributed by atoms with van der Waals surface area (Å²) < 4.78 is 0. The molecular weight excluding hydrogens is 404 g/mol. The zero-order valence-corrected chi connectivity index (χ0v) is 18.3. The standard InChI is InChI=1S/C23H25ClN2O2S/c1-23(2,14-24)22(28)25-18-9-6-16(7-10-18)21-26(20(27)13-29-21)19-11-8-15-4-3-5-17(15)12-19/h6-12,21H,3-5,13-14H2,1-2H3,(H,25,28). The number of amides is 2. The Morgan fingerprint density at radius 1 is 1.17 bits per heavy atom. The molecule has 1 N–H and O–H groups in total. The average molecular weight is 429 g/mol. The molecule has 0 bridgehead atoms. The van der Waals surface area contributed by atoms with Gasteiger partial charge >= 0.3 is 0 Å². The first-order chi connectivity index (χ1) is 13.9. The molecule has 2 amide bonds. The Bertz CT molecular complexity index is 942. The molecule has 1 atom stereocenters. The molecule has 1 aliphatic heterocycles. The van der Waals surface area contributed by atoms with Gasteiger partial charge in [-0.2, -0.15) is 0 Å². The third kappa shape index (κ3) is 4.03. The normalized spacial score (nSPS) is 18.8. The van der Waals surface area contributed by atoms with Crippen molar-refractivity contribution >= 4 is 46.6 Å². The number of benzene rings is 2. The number of halogens is 1. The Balaban J connectivity index is 1.54. The predicted octanol–water partition coefficient (Wildman–Crippen LogP) is 5.16. The summed E-state index contributed by atoms with van der Waals surface area (Å²) in [4.78, 5) is 26.9. The average Bonchev–Trinajstić information content (AvgIpc) is 3.34. The van der Waals surface area contributed by atoms with Crippen molar-refractivity contribution in [3.05, 3.63) is 59.2 Å². The third-order valence-electron chi connectivity index (χ3n) is 5.63. The highest BCUT2D eigenvalue weighted by Gasteiger charge is 2.34. The van der Waals surface area contributed by atoms with Gasteiger partial charge in [0.2, 0.25) is 11.8 Å². The summed E-state index contributed by atoms with van der Waals surface area (Å²) in [7, 11) is 0. The van der Waals surface area contributed by atoms with Crippen molar-refractivity contribution in [2.24, 2.45) is 5.41 Å². The van der Waals surface area contributed by atoms with Crippen molar-refractivity contribution in [1.82, 2.24) is 0 Å². The zero-order chi connectivity index (χ0) is 20.6. The summed E-state index contributed by atoms with van der Waals surface area (Å²) in [6.07, 6.45) is 3.42. The number of hydrogen-bond acceptors (Lipinski definition) is 3. The van der Waals surface area contributed by atoms with Crippen molar-refractivity contribution < 1.29 is 9.59 Å². The van der Waals surface area contributed by atoms with Crippen LogP contribution in [0.1, 0.15) is 42.3 Å². The van der Waals surface area contributed by atoms with Gasteiger partial charge in [0.15, 0.2) is 0 Å². The van der Waals surface area contributed by atoms with Gasteiger partial charge in [-0.15, -0.1) is 23.4 Å². The van der Waals surface area contributed by atoms with Crippen molar-refractivity contribution in [3.63, 3.8) is 0 Å². The van der Waals surface area contributed by atoms with Gasteiger partial charge in [-0.1, -0.05) is 18.2 Å². The number of nitrogens with one attached hydrogen (secondary N) is 1. The maximum Gasteiger partial charge on any atom is 0.238 e. The first-order valence-electron chi connectivity index (χ1n) is 9.92. The van der Waals surface area contributed by atoms with Gasteiger partial charge in [0.25, 0.3) is 0 Å². The lowest BCUT2D eigenvalue weighted by Crippen LogP contribution is -2.32. The molecule has 6 heteroatoms. The van der Waals surface area contributed by atoms with Crippen LogP contribution in [0.2, 0.25) is 0 Å². The van der Waals surface area contributed by atoms with E-state index in [1.807, 2.05) is 43.0 Å². The number of nitrogens with zero attached hydrogens (tertiary/aromatic N) is 1. The topological polar surface area (TPSA) is 49.4 Å². The second-order valence-corrected chi connectivity index (χ2v) is 9.66. The van der Waals surface area contributed by atoms with Gasteiger partial charge in [0.05, 0.1) is 11.2 Å². The fourth-order valence-electron chi connectivity index (χ4n) is 3.75. The first kappa shape index (κ1) is 20.3. The molecule has 1 fully saturated rings. The van der Waals surface area contributed by atoms with Crippen LogP contribution in [0.5, 0.6) is 0 Å². The summed E-state index contributed by atoms with van der Waals surface area (Å²) in [5.41, 5.74) is 4.91. The van der Waals surface area contributed by atoms with Crippen LogP contribution in [0.4, 0.5) is 11.4 Å². The number of aryl methyl sites for hydroxylation is 2. The molecule has 152 valence electrons. The Hall–Kier alpha value is -1.98. The quantitative estimate of drug-likeness (QED) is 0.669. The van der Waals surface area contributed by atoms with Crippen molar-refractivity contribution in [2.45, 2.75) is 38.5 Å². The predicted molar refractivity (Wildman–Crippen MR) is 121 cm³/mol. The van der Waals surface area contributed by atoms with E-state index in [4.69, 9.17) is 11.6 Å². The lowest BCUT2D eigenvalue weighted by molar-refractivity contribution is -0.123. The van der Waals surface area contributed by atoms with Crippen LogP contribution < -0.4 is 10.2 Å². The summed E-state index contributed by atoms with van der Waals surface area (Å²) in [5.74, 6) is 0.766. The van der Waals surface area contributed by atoms with Crippen LogP contribution in [0.25, 0.3) is 0 Å². The second kappa shape index (κ2) is 8.04. The van der Waals surface area contributed by atoms with Gasteiger partial charge in [-0.05, 0) is 74.1 Å². The first-order valence-corrected chi connectivity index (χ1v) is 11.5. The molecule has 2 aromatic carbocycles. The molecule has 0 aromatic heterocycles. The fraction of sp³-hybridized carbons (Fsp3) is 0.391.